The Morgan fingerprint density at radius 1 is 1.35 bits per heavy atom. The molecule has 7 heteroatoms. The van der Waals surface area contributed by atoms with E-state index in [0.717, 1.165) is 5.56 Å². The number of nitrogens with one attached hydrogen (secondary N) is 1. The summed E-state index contributed by atoms with van der Waals surface area (Å²) in [6.07, 6.45) is 0.0924. The van der Waals surface area contributed by atoms with Crippen molar-refractivity contribution in [1.29, 1.82) is 0 Å². The first kappa shape index (κ1) is 16.6. The van der Waals surface area contributed by atoms with Crippen LogP contribution >= 0.6 is 0 Å². The van der Waals surface area contributed by atoms with E-state index < -0.39 is 27.3 Å². The summed E-state index contributed by atoms with van der Waals surface area (Å²) in [6, 6.07) is 7.67. The van der Waals surface area contributed by atoms with Gasteiger partial charge in [-0.1, -0.05) is 30.3 Å². The van der Waals surface area contributed by atoms with Gasteiger partial charge in [-0.15, -0.1) is 0 Å². The molecule has 20 heavy (non-hydrogen) atoms. The van der Waals surface area contributed by atoms with Crippen LogP contribution in [-0.4, -0.2) is 44.5 Å². The number of carboxylic acids is 1. The lowest BCUT2D eigenvalue weighted by Gasteiger charge is -2.18. The van der Waals surface area contributed by atoms with Gasteiger partial charge in [-0.05, 0) is 18.9 Å². The fourth-order valence-corrected chi connectivity index (χ4v) is 2.80. The van der Waals surface area contributed by atoms with E-state index in [1.165, 1.54) is 14.0 Å². The molecule has 112 valence electrons. The molecule has 1 unspecified atom stereocenters. The van der Waals surface area contributed by atoms with E-state index in [1.54, 1.807) is 24.3 Å². The summed E-state index contributed by atoms with van der Waals surface area (Å²) in [7, 11) is -2.35. The minimum Gasteiger partial charge on any atom is -0.480 e. The Labute approximate surface area is 118 Å². The van der Waals surface area contributed by atoms with E-state index in [-0.39, 0.29) is 13.0 Å². The fourth-order valence-electron chi connectivity index (χ4n) is 1.67. The van der Waals surface area contributed by atoms with Crippen molar-refractivity contribution >= 4 is 16.0 Å². The van der Waals surface area contributed by atoms with Crippen molar-refractivity contribution < 1.29 is 23.1 Å². The predicted octanol–water partition coefficient (Wildman–Crippen LogP) is 0.637. The van der Waals surface area contributed by atoms with E-state index in [9.17, 15) is 13.2 Å². The van der Waals surface area contributed by atoms with Gasteiger partial charge in [0.1, 0.15) is 6.04 Å². The van der Waals surface area contributed by atoms with Crippen molar-refractivity contribution in [3.8, 4) is 0 Å². The third-order valence-electron chi connectivity index (χ3n) is 2.82. The molecule has 2 atom stereocenters. The Morgan fingerprint density at radius 2 is 1.95 bits per heavy atom. The molecule has 0 fully saturated rings. The number of carbonyl (C=O) groups is 1. The first-order chi connectivity index (χ1) is 9.36. The van der Waals surface area contributed by atoms with Crippen molar-refractivity contribution in [2.75, 3.05) is 13.7 Å². The first-order valence-electron chi connectivity index (χ1n) is 6.13. The summed E-state index contributed by atoms with van der Waals surface area (Å²) in [6.45, 7) is 1.47. The molecule has 0 aliphatic rings. The average molecular weight is 301 g/mol. The lowest BCUT2D eigenvalue weighted by atomic mass is 10.1. The van der Waals surface area contributed by atoms with Crippen LogP contribution in [0.1, 0.15) is 12.5 Å². The van der Waals surface area contributed by atoms with Gasteiger partial charge in [0, 0.05) is 7.11 Å². The number of methoxy groups -OCH3 is 1. The number of sulfonamides is 1. The lowest BCUT2D eigenvalue weighted by Crippen LogP contribution is -2.46. The number of hydrogen-bond acceptors (Lipinski definition) is 4. The summed E-state index contributed by atoms with van der Waals surface area (Å²) < 4.78 is 30.9. The van der Waals surface area contributed by atoms with E-state index in [1.807, 2.05) is 6.07 Å². The zero-order chi connectivity index (χ0) is 15.2. The standard InChI is InChI=1S/C13H19NO5S/c1-10(9-19-2)20(17,18)14-12(13(15)16)8-11-6-4-3-5-7-11/h3-7,10,12,14H,8-9H2,1-2H3,(H,15,16)/t10?,12-/m1/s1. The summed E-state index contributed by atoms with van der Waals surface area (Å²) in [4.78, 5) is 11.2. The number of aliphatic carboxylic acids is 1. The van der Waals surface area contributed by atoms with Crippen LogP contribution in [0.25, 0.3) is 0 Å². The number of carboxylic acid groups (broad SMARTS) is 1. The van der Waals surface area contributed by atoms with Gasteiger partial charge in [-0.25, -0.2) is 13.1 Å². The fraction of sp³-hybridized carbons (Fsp3) is 0.462. The monoisotopic (exact) mass is 301 g/mol. The van der Waals surface area contributed by atoms with Crippen molar-refractivity contribution in [3.05, 3.63) is 35.9 Å². The molecule has 0 amide bonds. The van der Waals surface area contributed by atoms with Crippen LogP contribution in [-0.2, 0) is 26.0 Å². The molecule has 0 aliphatic carbocycles. The molecule has 6 nitrogen and oxygen atoms in total. The third kappa shape index (κ3) is 4.92. The van der Waals surface area contributed by atoms with Gasteiger partial charge >= 0.3 is 5.97 Å². The molecule has 1 aromatic rings. The highest BCUT2D eigenvalue weighted by molar-refractivity contribution is 7.90. The number of benzene rings is 1. The molecule has 0 aromatic heterocycles. The van der Waals surface area contributed by atoms with Gasteiger partial charge in [0.2, 0.25) is 10.0 Å². The molecule has 0 aliphatic heterocycles. The molecule has 0 spiro atoms. The quantitative estimate of drug-likeness (QED) is 0.735. The maximum atomic E-state index is 12.0. The van der Waals surface area contributed by atoms with E-state index in [0.29, 0.717) is 0 Å². The van der Waals surface area contributed by atoms with E-state index >= 15 is 0 Å². The summed E-state index contributed by atoms with van der Waals surface area (Å²) in [5.74, 6) is -1.21. The summed E-state index contributed by atoms with van der Waals surface area (Å²) >= 11 is 0. The predicted molar refractivity (Wildman–Crippen MR) is 75.0 cm³/mol. The second kappa shape index (κ2) is 7.37. The van der Waals surface area contributed by atoms with Crippen LogP contribution in [0.2, 0.25) is 0 Å². The Hall–Kier alpha value is -1.44. The topological polar surface area (TPSA) is 92.7 Å². The normalized spacial score (nSPS) is 14.7. The van der Waals surface area contributed by atoms with E-state index in [2.05, 4.69) is 4.72 Å². The van der Waals surface area contributed by atoms with Gasteiger partial charge in [-0.2, -0.15) is 0 Å². The number of ether oxygens (including phenoxy) is 1. The van der Waals surface area contributed by atoms with Gasteiger partial charge in [-0.3, -0.25) is 4.79 Å². The summed E-state index contributed by atoms with van der Waals surface area (Å²) in [5.41, 5.74) is 0.752. The SMILES string of the molecule is COCC(C)S(=O)(=O)N[C@H](Cc1ccccc1)C(=O)O. The van der Waals surface area contributed by atoms with Gasteiger partial charge in [0.15, 0.2) is 0 Å². The van der Waals surface area contributed by atoms with Crippen molar-refractivity contribution in [1.82, 2.24) is 4.72 Å². The van der Waals surface area contributed by atoms with Crippen molar-refractivity contribution in [2.45, 2.75) is 24.6 Å². The van der Waals surface area contributed by atoms with Crippen LogP contribution in [0.3, 0.4) is 0 Å². The molecule has 0 saturated heterocycles. The highest BCUT2D eigenvalue weighted by Gasteiger charge is 2.28. The summed E-state index contributed by atoms with van der Waals surface area (Å²) in [5, 5.41) is 8.34. The smallest absolute Gasteiger partial charge is 0.322 e. The van der Waals surface area contributed by atoms with Gasteiger partial charge < -0.3 is 9.84 Å². The second-order valence-corrected chi connectivity index (χ2v) is 6.64. The Morgan fingerprint density at radius 3 is 2.45 bits per heavy atom. The van der Waals surface area contributed by atoms with Gasteiger partial charge in [0.25, 0.3) is 0 Å². The molecule has 2 N–H and O–H groups in total. The molecule has 0 bridgehead atoms. The molecule has 1 aromatic carbocycles. The van der Waals surface area contributed by atoms with Gasteiger partial charge in [0.05, 0.1) is 11.9 Å². The maximum absolute atomic E-state index is 12.0. The number of rotatable bonds is 8. The molecular weight excluding hydrogens is 282 g/mol. The van der Waals surface area contributed by atoms with Crippen LogP contribution < -0.4 is 4.72 Å². The molecule has 0 saturated carbocycles. The zero-order valence-electron chi connectivity index (χ0n) is 11.4. The number of hydrogen-bond donors (Lipinski definition) is 2. The van der Waals surface area contributed by atoms with Crippen LogP contribution in [0.4, 0.5) is 0 Å². The van der Waals surface area contributed by atoms with E-state index in [4.69, 9.17) is 9.84 Å². The average Bonchev–Trinajstić information content (AvgIpc) is 2.39. The minimum absolute atomic E-state index is 0.00695. The lowest BCUT2D eigenvalue weighted by molar-refractivity contribution is -0.138. The van der Waals surface area contributed by atoms with Crippen molar-refractivity contribution in [3.63, 3.8) is 0 Å². The molecular formula is C13H19NO5S. The highest BCUT2D eigenvalue weighted by Crippen LogP contribution is 2.07. The Balaban J connectivity index is 2.80. The Kier molecular flexibility index (Phi) is 6.12. The second-order valence-electron chi connectivity index (χ2n) is 4.51. The largest absolute Gasteiger partial charge is 0.480 e. The van der Waals surface area contributed by atoms with Crippen LogP contribution in [0.15, 0.2) is 30.3 Å². The molecule has 0 heterocycles. The van der Waals surface area contributed by atoms with Crippen LogP contribution in [0, 0.1) is 0 Å². The third-order valence-corrected chi connectivity index (χ3v) is 4.63. The highest BCUT2D eigenvalue weighted by atomic mass is 32.2. The minimum atomic E-state index is -3.74. The molecule has 1 rings (SSSR count). The zero-order valence-corrected chi connectivity index (χ0v) is 12.3. The first-order valence-corrected chi connectivity index (χ1v) is 7.68. The van der Waals surface area contributed by atoms with Crippen LogP contribution in [0.5, 0.6) is 0 Å². The van der Waals surface area contributed by atoms with Crippen molar-refractivity contribution in [2.24, 2.45) is 0 Å². The Bertz CT molecular complexity index is 529. The maximum Gasteiger partial charge on any atom is 0.322 e. The molecule has 0 radical (unpaired) electrons.